The van der Waals surface area contributed by atoms with Crippen LogP contribution in [0, 0.1) is 6.92 Å². The monoisotopic (exact) mass is 310 g/mol. The van der Waals surface area contributed by atoms with E-state index in [1.165, 1.54) is 10.4 Å². The second kappa shape index (κ2) is 5.76. The summed E-state index contributed by atoms with van der Waals surface area (Å²) in [4.78, 5) is 5.95. The average molecular weight is 311 g/mol. The summed E-state index contributed by atoms with van der Waals surface area (Å²) in [5.41, 5.74) is 2.32. The first-order valence-corrected chi connectivity index (χ1v) is 7.24. The molecule has 1 aromatic heterocycles. The molecule has 4 heteroatoms. The van der Waals surface area contributed by atoms with Gasteiger partial charge in [-0.3, -0.25) is 0 Å². The van der Waals surface area contributed by atoms with E-state index in [0.717, 1.165) is 28.3 Å². The smallest absolute Gasteiger partial charge is 0.123 e. The minimum atomic E-state index is 0.913. The molecule has 0 fully saturated rings. The number of halogens is 1. The molecule has 0 spiro atoms. The number of benzene rings is 1. The molecule has 0 bridgehead atoms. The lowest BCUT2D eigenvalue weighted by Crippen LogP contribution is -2.11. The lowest BCUT2D eigenvalue weighted by atomic mass is 10.2. The van der Waals surface area contributed by atoms with Gasteiger partial charge < -0.3 is 5.32 Å². The predicted octanol–water partition coefficient (Wildman–Crippen LogP) is 3.99. The molecule has 2 nitrogen and oxygen atoms in total. The van der Waals surface area contributed by atoms with Crippen molar-refractivity contribution in [3.8, 4) is 10.6 Å². The molecule has 90 valence electrons. The van der Waals surface area contributed by atoms with E-state index < -0.39 is 0 Å². The Kier molecular flexibility index (Phi) is 4.31. The van der Waals surface area contributed by atoms with E-state index >= 15 is 0 Å². The van der Waals surface area contributed by atoms with Gasteiger partial charge in [0.1, 0.15) is 5.01 Å². The molecule has 2 rings (SSSR count). The molecule has 0 saturated carbocycles. The zero-order valence-electron chi connectivity index (χ0n) is 9.96. The molecule has 1 N–H and O–H groups in total. The number of thiazole rings is 1. The van der Waals surface area contributed by atoms with Crippen LogP contribution in [0.5, 0.6) is 0 Å². The van der Waals surface area contributed by atoms with Crippen LogP contribution in [0.3, 0.4) is 0 Å². The minimum absolute atomic E-state index is 0.913. The Morgan fingerprint density at radius 2 is 2.00 bits per heavy atom. The highest BCUT2D eigenvalue weighted by molar-refractivity contribution is 9.10. The van der Waals surface area contributed by atoms with Crippen molar-refractivity contribution in [1.29, 1.82) is 0 Å². The number of hydrogen-bond donors (Lipinski definition) is 1. The molecule has 0 amide bonds. The Morgan fingerprint density at radius 1 is 1.29 bits per heavy atom. The second-order valence-electron chi connectivity index (χ2n) is 3.81. The van der Waals surface area contributed by atoms with E-state index in [4.69, 9.17) is 0 Å². The largest absolute Gasteiger partial charge is 0.312 e. The molecule has 0 radical (unpaired) electrons. The summed E-state index contributed by atoms with van der Waals surface area (Å²) in [6, 6.07) is 8.30. The van der Waals surface area contributed by atoms with Gasteiger partial charge in [-0.25, -0.2) is 4.98 Å². The van der Waals surface area contributed by atoms with Gasteiger partial charge in [0.15, 0.2) is 0 Å². The molecule has 0 aliphatic rings. The number of rotatable bonds is 4. The van der Waals surface area contributed by atoms with Gasteiger partial charge in [0, 0.05) is 21.5 Å². The fourth-order valence-electron chi connectivity index (χ4n) is 1.55. The van der Waals surface area contributed by atoms with Crippen molar-refractivity contribution in [2.24, 2.45) is 0 Å². The summed E-state index contributed by atoms with van der Waals surface area (Å²) in [6.45, 7) is 6.10. The van der Waals surface area contributed by atoms with Crippen LogP contribution in [-0.2, 0) is 6.54 Å². The molecular formula is C13H15BrN2S. The lowest BCUT2D eigenvalue weighted by molar-refractivity contribution is 0.731. The summed E-state index contributed by atoms with van der Waals surface area (Å²) in [7, 11) is 0. The zero-order chi connectivity index (χ0) is 12.3. The summed E-state index contributed by atoms with van der Waals surface area (Å²) in [5, 5.41) is 4.44. The minimum Gasteiger partial charge on any atom is -0.312 e. The van der Waals surface area contributed by atoms with Crippen molar-refractivity contribution < 1.29 is 0 Å². The fourth-order valence-corrected chi connectivity index (χ4v) is 2.85. The number of nitrogens with zero attached hydrogens (tertiary/aromatic N) is 1. The first-order valence-electron chi connectivity index (χ1n) is 5.63. The highest BCUT2D eigenvalue weighted by Gasteiger charge is 2.08. The first kappa shape index (κ1) is 12.7. The van der Waals surface area contributed by atoms with E-state index in [0.29, 0.717) is 0 Å². The topological polar surface area (TPSA) is 24.9 Å². The van der Waals surface area contributed by atoms with Crippen LogP contribution >= 0.6 is 27.3 Å². The van der Waals surface area contributed by atoms with Gasteiger partial charge >= 0.3 is 0 Å². The maximum atomic E-state index is 4.63. The molecule has 0 aliphatic carbocycles. The van der Waals surface area contributed by atoms with Gasteiger partial charge in [0.25, 0.3) is 0 Å². The van der Waals surface area contributed by atoms with Crippen LogP contribution in [0.15, 0.2) is 28.7 Å². The molecule has 1 heterocycles. The molecular weight excluding hydrogens is 296 g/mol. The summed E-state index contributed by atoms with van der Waals surface area (Å²) in [6.07, 6.45) is 0. The van der Waals surface area contributed by atoms with Crippen molar-refractivity contribution >= 4 is 27.3 Å². The van der Waals surface area contributed by atoms with E-state index in [2.05, 4.69) is 64.3 Å². The van der Waals surface area contributed by atoms with Crippen LogP contribution in [0.4, 0.5) is 0 Å². The number of hydrogen-bond acceptors (Lipinski definition) is 3. The molecule has 1 aromatic carbocycles. The van der Waals surface area contributed by atoms with Crippen LogP contribution < -0.4 is 5.32 Å². The quantitative estimate of drug-likeness (QED) is 0.923. The molecule has 0 aliphatic heterocycles. The average Bonchev–Trinajstić information content (AvgIpc) is 2.69. The van der Waals surface area contributed by atoms with Crippen LogP contribution in [0.25, 0.3) is 10.6 Å². The third-order valence-electron chi connectivity index (χ3n) is 2.52. The van der Waals surface area contributed by atoms with E-state index in [-0.39, 0.29) is 0 Å². The summed E-state index contributed by atoms with van der Waals surface area (Å²) in [5.74, 6) is 0. The Hall–Kier alpha value is -0.710. The Balaban J connectivity index is 2.24. The maximum Gasteiger partial charge on any atom is 0.123 e. The molecule has 0 unspecified atom stereocenters. The van der Waals surface area contributed by atoms with Crippen LogP contribution in [0.1, 0.15) is 17.5 Å². The molecule has 17 heavy (non-hydrogen) atoms. The van der Waals surface area contributed by atoms with Gasteiger partial charge in [0.2, 0.25) is 0 Å². The van der Waals surface area contributed by atoms with Gasteiger partial charge in [-0.2, -0.15) is 0 Å². The third kappa shape index (κ3) is 3.15. The van der Waals surface area contributed by atoms with Crippen molar-refractivity contribution in [3.05, 3.63) is 39.3 Å². The standard InChI is InChI=1S/C13H15BrN2S/c1-3-15-8-12-9(2)16-13(17-12)10-4-6-11(14)7-5-10/h4-7,15H,3,8H2,1-2H3. The van der Waals surface area contributed by atoms with E-state index in [1.807, 2.05) is 0 Å². The Labute approximate surface area is 114 Å². The number of aromatic nitrogens is 1. The van der Waals surface area contributed by atoms with Crippen LogP contribution in [0.2, 0.25) is 0 Å². The van der Waals surface area contributed by atoms with Gasteiger partial charge in [-0.05, 0) is 25.6 Å². The zero-order valence-corrected chi connectivity index (χ0v) is 12.4. The molecule has 0 atom stereocenters. The van der Waals surface area contributed by atoms with Crippen molar-refractivity contribution in [2.45, 2.75) is 20.4 Å². The third-order valence-corrected chi connectivity index (χ3v) is 4.25. The Morgan fingerprint density at radius 3 is 2.65 bits per heavy atom. The van der Waals surface area contributed by atoms with E-state index in [9.17, 15) is 0 Å². The van der Waals surface area contributed by atoms with E-state index in [1.54, 1.807) is 11.3 Å². The number of nitrogens with one attached hydrogen (secondary N) is 1. The number of aryl methyl sites for hydroxylation is 1. The Bertz CT molecular complexity index is 491. The summed E-state index contributed by atoms with van der Waals surface area (Å²) >= 11 is 5.21. The molecule has 0 saturated heterocycles. The van der Waals surface area contributed by atoms with Gasteiger partial charge in [0.05, 0.1) is 5.69 Å². The van der Waals surface area contributed by atoms with Crippen molar-refractivity contribution in [2.75, 3.05) is 6.54 Å². The predicted molar refractivity (Wildman–Crippen MR) is 77.4 cm³/mol. The fraction of sp³-hybridized carbons (Fsp3) is 0.308. The maximum absolute atomic E-state index is 4.63. The highest BCUT2D eigenvalue weighted by atomic mass is 79.9. The van der Waals surface area contributed by atoms with Crippen molar-refractivity contribution in [3.63, 3.8) is 0 Å². The van der Waals surface area contributed by atoms with Gasteiger partial charge in [-0.1, -0.05) is 35.0 Å². The van der Waals surface area contributed by atoms with Crippen molar-refractivity contribution in [1.82, 2.24) is 10.3 Å². The van der Waals surface area contributed by atoms with Gasteiger partial charge in [-0.15, -0.1) is 11.3 Å². The lowest BCUT2D eigenvalue weighted by Gasteiger charge is -1.97. The normalized spacial score (nSPS) is 10.8. The SMILES string of the molecule is CCNCc1sc(-c2ccc(Br)cc2)nc1C. The second-order valence-corrected chi connectivity index (χ2v) is 5.81. The molecule has 2 aromatic rings. The highest BCUT2D eigenvalue weighted by Crippen LogP contribution is 2.28. The summed E-state index contributed by atoms with van der Waals surface area (Å²) < 4.78 is 1.10. The van der Waals surface area contributed by atoms with Crippen LogP contribution in [-0.4, -0.2) is 11.5 Å². The first-order chi connectivity index (χ1) is 8.20.